The Kier molecular flexibility index (Phi) is 5.72. The summed E-state index contributed by atoms with van der Waals surface area (Å²) in [5.74, 6) is -0.00950. The van der Waals surface area contributed by atoms with Gasteiger partial charge in [0, 0.05) is 11.6 Å². The maximum Gasteiger partial charge on any atom is 0.322 e. The summed E-state index contributed by atoms with van der Waals surface area (Å²) in [6.45, 7) is 0.967. The van der Waals surface area contributed by atoms with Crippen LogP contribution in [0.25, 0.3) is 0 Å². The Hall–Kier alpha value is -2.61. The summed E-state index contributed by atoms with van der Waals surface area (Å²) in [7, 11) is 1.52. The number of urea groups is 1. The van der Waals surface area contributed by atoms with Crippen LogP contribution in [0.3, 0.4) is 0 Å². The summed E-state index contributed by atoms with van der Waals surface area (Å²) in [5.41, 5.74) is 0.495. The highest BCUT2D eigenvalue weighted by Crippen LogP contribution is 2.28. The first kappa shape index (κ1) is 18.2. The van der Waals surface area contributed by atoms with Crippen LogP contribution < -0.4 is 14.8 Å². The second-order valence-corrected chi connectivity index (χ2v) is 6.22. The van der Waals surface area contributed by atoms with E-state index in [2.05, 4.69) is 15.3 Å². The third-order valence-electron chi connectivity index (χ3n) is 3.94. The zero-order chi connectivity index (χ0) is 18.5. The van der Waals surface area contributed by atoms with Crippen molar-refractivity contribution >= 4 is 23.3 Å². The van der Waals surface area contributed by atoms with Crippen LogP contribution in [0.4, 0.5) is 14.9 Å². The van der Waals surface area contributed by atoms with Gasteiger partial charge in [-0.2, -0.15) is 0 Å². The molecule has 1 atom stereocenters. The zero-order valence-corrected chi connectivity index (χ0v) is 14.9. The monoisotopic (exact) mass is 380 g/mol. The number of nitrogens with one attached hydrogen (secondary N) is 1. The van der Waals surface area contributed by atoms with Crippen molar-refractivity contribution in [2.45, 2.75) is 18.9 Å². The summed E-state index contributed by atoms with van der Waals surface area (Å²) in [5, 5.41) is 3.30. The predicted octanol–water partition coefficient (Wildman–Crippen LogP) is 3.35. The van der Waals surface area contributed by atoms with Crippen LogP contribution in [0.15, 0.2) is 30.6 Å². The number of nitrogens with zero attached hydrogens (tertiary/aromatic N) is 3. The van der Waals surface area contributed by atoms with E-state index in [-0.39, 0.29) is 18.1 Å². The highest BCUT2D eigenvalue weighted by molar-refractivity contribution is 6.31. The van der Waals surface area contributed by atoms with E-state index >= 15 is 0 Å². The number of anilines is 1. The van der Waals surface area contributed by atoms with Gasteiger partial charge in [0.1, 0.15) is 11.9 Å². The molecule has 1 unspecified atom stereocenters. The van der Waals surface area contributed by atoms with E-state index in [9.17, 15) is 9.18 Å². The van der Waals surface area contributed by atoms with Gasteiger partial charge in [-0.25, -0.2) is 19.2 Å². The fourth-order valence-electron chi connectivity index (χ4n) is 2.70. The van der Waals surface area contributed by atoms with Gasteiger partial charge in [-0.15, -0.1) is 0 Å². The minimum absolute atomic E-state index is 0.0927. The lowest BCUT2D eigenvalue weighted by Gasteiger charge is -2.32. The Morgan fingerprint density at radius 1 is 1.38 bits per heavy atom. The maximum absolute atomic E-state index is 12.9. The van der Waals surface area contributed by atoms with Gasteiger partial charge in [-0.1, -0.05) is 11.6 Å². The highest BCUT2D eigenvalue weighted by atomic mass is 35.5. The first-order valence-corrected chi connectivity index (χ1v) is 8.46. The first-order chi connectivity index (χ1) is 12.5. The Morgan fingerprint density at radius 2 is 2.15 bits per heavy atom. The van der Waals surface area contributed by atoms with E-state index in [4.69, 9.17) is 21.1 Å². The van der Waals surface area contributed by atoms with Crippen LogP contribution in [0.1, 0.15) is 12.8 Å². The molecule has 26 heavy (non-hydrogen) atoms. The molecule has 138 valence electrons. The molecule has 1 N–H and O–H groups in total. The van der Waals surface area contributed by atoms with E-state index in [0.717, 1.165) is 25.2 Å². The Labute approximate surface area is 155 Å². The molecule has 9 heteroatoms. The number of halogens is 2. The normalized spacial score (nSPS) is 16.9. The largest absolute Gasteiger partial charge is 0.495 e. The van der Waals surface area contributed by atoms with Crippen molar-refractivity contribution in [3.8, 4) is 11.8 Å². The third-order valence-corrected chi connectivity index (χ3v) is 4.17. The van der Waals surface area contributed by atoms with Gasteiger partial charge >= 0.3 is 12.0 Å². The number of carbonyl (C=O) groups excluding carboxylic acids is 1. The van der Waals surface area contributed by atoms with Gasteiger partial charge in [0.15, 0.2) is 5.82 Å². The second kappa shape index (κ2) is 8.18. The molecule has 1 aromatic heterocycles. The number of carbonyl (C=O) groups is 1. The quantitative estimate of drug-likeness (QED) is 0.880. The topological polar surface area (TPSA) is 76.6 Å². The summed E-state index contributed by atoms with van der Waals surface area (Å²) in [6.07, 6.45) is 3.35. The van der Waals surface area contributed by atoms with Crippen molar-refractivity contribution in [2.75, 3.05) is 25.5 Å². The van der Waals surface area contributed by atoms with Crippen LogP contribution >= 0.6 is 11.6 Å². The number of amides is 2. The maximum atomic E-state index is 12.9. The highest BCUT2D eigenvalue weighted by Gasteiger charge is 2.26. The van der Waals surface area contributed by atoms with Crippen LogP contribution in [-0.4, -0.2) is 47.2 Å². The molecule has 2 aromatic rings. The smallest absolute Gasteiger partial charge is 0.322 e. The van der Waals surface area contributed by atoms with Crippen LogP contribution in [0, 0.1) is 5.82 Å². The molecule has 1 saturated heterocycles. The van der Waals surface area contributed by atoms with E-state index in [1.165, 1.54) is 7.11 Å². The molecule has 1 aromatic carbocycles. The SMILES string of the molecule is COc1ccc(Cl)cc1NC(=O)N1CCCC(Oc2ncc(F)cn2)C1. The molecule has 0 bridgehead atoms. The van der Waals surface area contributed by atoms with E-state index in [1.807, 2.05) is 0 Å². The van der Waals surface area contributed by atoms with Gasteiger partial charge in [0.2, 0.25) is 0 Å². The van der Waals surface area contributed by atoms with E-state index < -0.39 is 5.82 Å². The Balaban J connectivity index is 1.62. The molecule has 1 aliphatic rings. The zero-order valence-electron chi connectivity index (χ0n) is 14.1. The van der Waals surface area contributed by atoms with Crippen LogP contribution in [0.2, 0.25) is 5.02 Å². The van der Waals surface area contributed by atoms with Crippen molar-refractivity contribution in [1.29, 1.82) is 0 Å². The average Bonchev–Trinajstić information content (AvgIpc) is 2.64. The number of methoxy groups -OCH3 is 1. The summed E-state index contributed by atoms with van der Waals surface area (Å²) < 4.78 is 23.8. The van der Waals surface area contributed by atoms with Gasteiger partial charge in [0.25, 0.3) is 0 Å². The summed E-state index contributed by atoms with van der Waals surface area (Å²) in [6, 6.07) is 4.81. The molecule has 7 nitrogen and oxygen atoms in total. The fraction of sp³-hybridized carbons (Fsp3) is 0.353. The number of hydrogen-bond acceptors (Lipinski definition) is 5. The Bertz CT molecular complexity index is 775. The first-order valence-electron chi connectivity index (χ1n) is 8.09. The molecular weight excluding hydrogens is 363 g/mol. The van der Waals surface area contributed by atoms with Crippen molar-refractivity contribution < 1.29 is 18.7 Å². The van der Waals surface area contributed by atoms with Crippen LogP contribution in [-0.2, 0) is 0 Å². The molecule has 0 radical (unpaired) electrons. The fourth-order valence-corrected chi connectivity index (χ4v) is 2.87. The molecule has 1 fully saturated rings. The molecular formula is C17H18ClFN4O3. The molecule has 2 amide bonds. The van der Waals surface area contributed by atoms with Gasteiger partial charge in [-0.3, -0.25) is 0 Å². The number of ether oxygens (including phenoxy) is 2. The molecule has 0 spiro atoms. The third kappa shape index (κ3) is 4.51. The summed E-state index contributed by atoms with van der Waals surface area (Å²) in [4.78, 5) is 21.8. The molecule has 0 aliphatic carbocycles. The number of hydrogen-bond donors (Lipinski definition) is 1. The van der Waals surface area contributed by atoms with Crippen molar-refractivity contribution in [2.24, 2.45) is 0 Å². The standard InChI is InChI=1S/C17H18ClFN4O3/c1-25-15-5-4-11(18)7-14(15)22-17(24)23-6-2-3-13(10-23)26-16-20-8-12(19)9-21-16/h4-5,7-9,13H,2-3,6,10H2,1H3,(H,22,24). The Morgan fingerprint density at radius 3 is 2.88 bits per heavy atom. The minimum Gasteiger partial charge on any atom is -0.495 e. The minimum atomic E-state index is -0.530. The lowest BCUT2D eigenvalue weighted by Crippen LogP contribution is -2.46. The number of aromatic nitrogens is 2. The van der Waals surface area contributed by atoms with Crippen LogP contribution in [0.5, 0.6) is 11.8 Å². The van der Waals surface area contributed by atoms with Gasteiger partial charge < -0.3 is 19.7 Å². The summed E-state index contributed by atoms with van der Waals surface area (Å²) >= 11 is 5.99. The van der Waals surface area contributed by atoms with Crippen molar-refractivity contribution in [3.05, 3.63) is 41.4 Å². The number of rotatable bonds is 4. The number of benzene rings is 1. The molecule has 1 aliphatic heterocycles. The molecule has 0 saturated carbocycles. The molecule has 3 rings (SSSR count). The lowest BCUT2D eigenvalue weighted by atomic mass is 10.1. The van der Waals surface area contributed by atoms with Gasteiger partial charge in [0.05, 0.1) is 31.7 Å². The second-order valence-electron chi connectivity index (χ2n) is 5.79. The van der Waals surface area contributed by atoms with Gasteiger partial charge in [-0.05, 0) is 31.0 Å². The number of piperidine rings is 1. The molecule has 2 heterocycles. The lowest BCUT2D eigenvalue weighted by molar-refractivity contribution is 0.0980. The van der Waals surface area contributed by atoms with E-state index in [1.54, 1.807) is 23.1 Å². The van der Waals surface area contributed by atoms with E-state index in [0.29, 0.717) is 29.5 Å². The van der Waals surface area contributed by atoms with Crippen molar-refractivity contribution in [1.82, 2.24) is 14.9 Å². The number of likely N-dealkylation sites (tertiary alicyclic amines) is 1. The predicted molar refractivity (Wildman–Crippen MR) is 94.2 cm³/mol. The van der Waals surface area contributed by atoms with Crippen molar-refractivity contribution in [3.63, 3.8) is 0 Å². The average molecular weight is 381 g/mol.